The second-order valence-corrected chi connectivity index (χ2v) is 6.27. The first-order chi connectivity index (χ1) is 9.08. The van der Waals surface area contributed by atoms with Gasteiger partial charge < -0.3 is 10.4 Å². The molecule has 0 saturated heterocycles. The van der Waals surface area contributed by atoms with E-state index >= 15 is 0 Å². The van der Waals surface area contributed by atoms with Gasteiger partial charge in [-0.1, -0.05) is 32.0 Å². The fraction of sp³-hybridized carbons (Fsp3) is 0.647. The van der Waals surface area contributed by atoms with Crippen molar-refractivity contribution in [3.63, 3.8) is 0 Å². The standard InChI is InChI=1S/C17H27NO/c1-12(2)11-18-13(3)17(19)16-9-8-14-6-4-5-7-15(14)10-16/h8-10,12-13,17-19H,4-7,11H2,1-3H3. The molecule has 0 aliphatic heterocycles. The van der Waals surface area contributed by atoms with E-state index in [9.17, 15) is 5.11 Å². The summed E-state index contributed by atoms with van der Waals surface area (Å²) in [5, 5.41) is 13.9. The molecule has 1 aromatic rings. The lowest BCUT2D eigenvalue weighted by molar-refractivity contribution is 0.134. The van der Waals surface area contributed by atoms with Gasteiger partial charge in [0.15, 0.2) is 0 Å². The fourth-order valence-corrected chi connectivity index (χ4v) is 2.76. The van der Waals surface area contributed by atoms with Crippen molar-refractivity contribution in [1.82, 2.24) is 5.32 Å². The Balaban J connectivity index is 2.04. The highest BCUT2D eigenvalue weighted by molar-refractivity contribution is 5.35. The molecule has 0 fully saturated rings. The lowest BCUT2D eigenvalue weighted by atomic mass is 9.89. The van der Waals surface area contributed by atoms with E-state index in [1.807, 2.05) is 0 Å². The maximum absolute atomic E-state index is 10.4. The van der Waals surface area contributed by atoms with Gasteiger partial charge in [0.05, 0.1) is 6.10 Å². The average Bonchev–Trinajstić information content (AvgIpc) is 2.43. The molecule has 1 aliphatic rings. The topological polar surface area (TPSA) is 32.3 Å². The molecule has 2 rings (SSSR count). The van der Waals surface area contributed by atoms with Crippen LogP contribution in [0.25, 0.3) is 0 Å². The molecule has 0 amide bonds. The van der Waals surface area contributed by atoms with Crippen LogP contribution in [-0.4, -0.2) is 17.7 Å². The Morgan fingerprint density at radius 2 is 1.79 bits per heavy atom. The van der Waals surface area contributed by atoms with Crippen LogP contribution < -0.4 is 5.32 Å². The number of benzene rings is 1. The third kappa shape index (κ3) is 3.80. The zero-order valence-corrected chi connectivity index (χ0v) is 12.4. The predicted octanol–water partition coefficient (Wildman–Crippen LogP) is 3.23. The van der Waals surface area contributed by atoms with Crippen molar-refractivity contribution in [2.24, 2.45) is 5.92 Å². The highest BCUT2D eigenvalue weighted by atomic mass is 16.3. The van der Waals surface area contributed by atoms with Crippen molar-refractivity contribution in [1.29, 1.82) is 0 Å². The van der Waals surface area contributed by atoms with Gasteiger partial charge in [-0.15, -0.1) is 0 Å². The largest absolute Gasteiger partial charge is 0.387 e. The molecule has 0 radical (unpaired) electrons. The van der Waals surface area contributed by atoms with Crippen LogP contribution in [0.2, 0.25) is 0 Å². The van der Waals surface area contributed by atoms with Crippen LogP contribution in [0.5, 0.6) is 0 Å². The van der Waals surface area contributed by atoms with Crippen molar-refractivity contribution < 1.29 is 5.11 Å². The summed E-state index contributed by atoms with van der Waals surface area (Å²) in [6.45, 7) is 7.38. The molecule has 2 nitrogen and oxygen atoms in total. The van der Waals surface area contributed by atoms with Gasteiger partial charge in [0.2, 0.25) is 0 Å². The Bertz CT molecular complexity index is 414. The number of aryl methyl sites for hydroxylation is 2. The zero-order valence-electron chi connectivity index (χ0n) is 12.4. The SMILES string of the molecule is CC(C)CNC(C)C(O)c1ccc2c(c1)CCCC2. The number of fused-ring (bicyclic) bond motifs is 1. The molecule has 0 spiro atoms. The van der Waals surface area contributed by atoms with E-state index in [1.54, 1.807) is 0 Å². The Labute approximate surface area is 117 Å². The quantitative estimate of drug-likeness (QED) is 0.853. The van der Waals surface area contributed by atoms with E-state index in [-0.39, 0.29) is 6.04 Å². The van der Waals surface area contributed by atoms with Gasteiger partial charge in [-0.05, 0) is 61.8 Å². The number of hydrogen-bond acceptors (Lipinski definition) is 2. The molecule has 2 heteroatoms. The van der Waals surface area contributed by atoms with Crippen LogP contribution >= 0.6 is 0 Å². The Morgan fingerprint density at radius 1 is 1.11 bits per heavy atom. The second-order valence-electron chi connectivity index (χ2n) is 6.27. The first kappa shape index (κ1) is 14.5. The van der Waals surface area contributed by atoms with Crippen LogP contribution in [0.3, 0.4) is 0 Å². The molecule has 1 aliphatic carbocycles. The van der Waals surface area contributed by atoms with E-state index in [2.05, 4.69) is 44.3 Å². The Hall–Kier alpha value is -0.860. The Morgan fingerprint density at radius 3 is 2.47 bits per heavy atom. The summed E-state index contributed by atoms with van der Waals surface area (Å²) in [6, 6.07) is 6.63. The fourth-order valence-electron chi connectivity index (χ4n) is 2.76. The van der Waals surface area contributed by atoms with Crippen LogP contribution in [0.4, 0.5) is 0 Å². The number of aliphatic hydroxyl groups excluding tert-OH is 1. The maximum Gasteiger partial charge on any atom is 0.0940 e. The first-order valence-corrected chi connectivity index (χ1v) is 7.61. The van der Waals surface area contributed by atoms with Crippen LogP contribution in [0.1, 0.15) is 56.4 Å². The molecule has 2 N–H and O–H groups in total. The van der Waals surface area contributed by atoms with E-state index in [0.29, 0.717) is 5.92 Å². The van der Waals surface area contributed by atoms with E-state index in [4.69, 9.17) is 0 Å². The maximum atomic E-state index is 10.4. The summed E-state index contributed by atoms with van der Waals surface area (Å²) in [5.74, 6) is 0.609. The molecule has 106 valence electrons. The highest BCUT2D eigenvalue weighted by Gasteiger charge is 2.18. The molecular formula is C17H27NO. The van der Waals surface area contributed by atoms with Gasteiger partial charge in [0, 0.05) is 6.04 Å². The highest BCUT2D eigenvalue weighted by Crippen LogP contribution is 2.26. The van der Waals surface area contributed by atoms with E-state index in [1.165, 1.54) is 36.8 Å². The molecule has 19 heavy (non-hydrogen) atoms. The van der Waals surface area contributed by atoms with Crippen molar-refractivity contribution in [2.75, 3.05) is 6.54 Å². The summed E-state index contributed by atoms with van der Waals surface area (Å²) < 4.78 is 0. The Kier molecular flexibility index (Phi) is 5.00. The van der Waals surface area contributed by atoms with Crippen LogP contribution in [0, 0.1) is 5.92 Å². The molecule has 2 unspecified atom stereocenters. The molecule has 0 heterocycles. The van der Waals surface area contributed by atoms with Gasteiger partial charge in [-0.25, -0.2) is 0 Å². The van der Waals surface area contributed by atoms with Gasteiger partial charge in [-0.3, -0.25) is 0 Å². The van der Waals surface area contributed by atoms with E-state index in [0.717, 1.165) is 12.1 Å². The average molecular weight is 261 g/mol. The third-order valence-corrected chi connectivity index (χ3v) is 4.04. The summed E-state index contributed by atoms with van der Waals surface area (Å²) >= 11 is 0. The summed E-state index contributed by atoms with van der Waals surface area (Å²) in [4.78, 5) is 0. The number of nitrogens with one attached hydrogen (secondary N) is 1. The third-order valence-electron chi connectivity index (χ3n) is 4.04. The van der Waals surface area contributed by atoms with Crippen LogP contribution in [-0.2, 0) is 12.8 Å². The monoisotopic (exact) mass is 261 g/mol. The predicted molar refractivity (Wildman–Crippen MR) is 80.3 cm³/mol. The molecular weight excluding hydrogens is 234 g/mol. The smallest absolute Gasteiger partial charge is 0.0940 e. The number of rotatable bonds is 5. The van der Waals surface area contributed by atoms with Crippen molar-refractivity contribution in [3.8, 4) is 0 Å². The second kappa shape index (κ2) is 6.53. The number of aliphatic hydroxyl groups is 1. The van der Waals surface area contributed by atoms with E-state index < -0.39 is 6.10 Å². The lowest BCUT2D eigenvalue weighted by Gasteiger charge is -2.24. The summed E-state index contributed by atoms with van der Waals surface area (Å²) in [6.07, 6.45) is 4.55. The normalized spacial score (nSPS) is 18.2. The minimum absolute atomic E-state index is 0.101. The lowest BCUT2D eigenvalue weighted by Crippen LogP contribution is -2.34. The van der Waals surface area contributed by atoms with Crippen molar-refractivity contribution in [2.45, 2.75) is 58.6 Å². The summed E-state index contributed by atoms with van der Waals surface area (Å²) in [5.41, 5.74) is 3.98. The number of hydrogen-bond donors (Lipinski definition) is 2. The molecule has 0 aromatic heterocycles. The van der Waals surface area contributed by atoms with Crippen molar-refractivity contribution in [3.05, 3.63) is 34.9 Å². The summed E-state index contributed by atoms with van der Waals surface area (Å²) in [7, 11) is 0. The zero-order chi connectivity index (χ0) is 13.8. The minimum Gasteiger partial charge on any atom is -0.387 e. The first-order valence-electron chi connectivity index (χ1n) is 7.61. The van der Waals surface area contributed by atoms with Gasteiger partial charge in [0.25, 0.3) is 0 Å². The molecule has 2 atom stereocenters. The molecule has 0 bridgehead atoms. The van der Waals surface area contributed by atoms with Crippen molar-refractivity contribution >= 4 is 0 Å². The molecule has 0 saturated carbocycles. The molecule has 1 aromatic carbocycles. The van der Waals surface area contributed by atoms with Gasteiger partial charge in [0.1, 0.15) is 0 Å². The van der Waals surface area contributed by atoms with Gasteiger partial charge in [-0.2, -0.15) is 0 Å². The van der Waals surface area contributed by atoms with Gasteiger partial charge >= 0.3 is 0 Å². The van der Waals surface area contributed by atoms with Crippen LogP contribution in [0.15, 0.2) is 18.2 Å². The minimum atomic E-state index is -0.411.